The van der Waals surface area contributed by atoms with Gasteiger partial charge in [0.25, 0.3) is 0 Å². The molecular formula is C13H24N2O. The van der Waals surface area contributed by atoms with Crippen molar-refractivity contribution >= 4 is 5.91 Å². The van der Waals surface area contributed by atoms with Gasteiger partial charge in [0.2, 0.25) is 5.91 Å². The zero-order chi connectivity index (χ0) is 11.5. The fourth-order valence-electron chi connectivity index (χ4n) is 2.15. The van der Waals surface area contributed by atoms with E-state index in [0.717, 1.165) is 37.8 Å². The molecule has 16 heavy (non-hydrogen) atoms. The van der Waals surface area contributed by atoms with Gasteiger partial charge in [-0.05, 0) is 43.9 Å². The van der Waals surface area contributed by atoms with E-state index in [-0.39, 0.29) is 11.9 Å². The minimum atomic E-state index is -0.262. The summed E-state index contributed by atoms with van der Waals surface area (Å²) < 4.78 is 0. The molecule has 0 saturated heterocycles. The van der Waals surface area contributed by atoms with E-state index in [2.05, 4.69) is 11.8 Å². The SMILES string of the molecule is CCC[C@H](N)C(=O)N(CC1CC1)CC1CC1. The molecule has 1 atom stereocenters. The van der Waals surface area contributed by atoms with Crippen LogP contribution in [-0.2, 0) is 4.79 Å². The first-order valence-electron chi connectivity index (χ1n) is 6.75. The quantitative estimate of drug-likeness (QED) is 0.716. The molecule has 0 aliphatic heterocycles. The maximum Gasteiger partial charge on any atom is 0.239 e. The lowest BCUT2D eigenvalue weighted by molar-refractivity contribution is -0.133. The number of hydrogen-bond acceptors (Lipinski definition) is 2. The highest BCUT2D eigenvalue weighted by molar-refractivity contribution is 5.81. The topological polar surface area (TPSA) is 46.3 Å². The summed E-state index contributed by atoms with van der Waals surface area (Å²) in [5.41, 5.74) is 5.93. The molecule has 3 heteroatoms. The first kappa shape index (κ1) is 11.9. The van der Waals surface area contributed by atoms with Gasteiger partial charge in [0.1, 0.15) is 0 Å². The van der Waals surface area contributed by atoms with Crippen LogP contribution in [0.1, 0.15) is 45.4 Å². The van der Waals surface area contributed by atoms with Crippen molar-refractivity contribution in [2.45, 2.75) is 51.5 Å². The second-order valence-electron chi connectivity index (χ2n) is 5.53. The largest absolute Gasteiger partial charge is 0.341 e. The third-order valence-corrected chi connectivity index (χ3v) is 3.58. The molecule has 92 valence electrons. The lowest BCUT2D eigenvalue weighted by Gasteiger charge is -2.25. The molecule has 0 radical (unpaired) electrons. The number of nitrogens with zero attached hydrogens (tertiary/aromatic N) is 1. The van der Waals surface area contributed by atoms with Crippen LogP contribution in [0.4, 0.5) is 0 Å². The molecule has 1 amide bonds. The van der Waals surface area contributed by atoms with Crippen LogP contribution >= 0.6 is 0 Å². The van der Waals surface area contributed by atoms with Crippen LogP contribution in [0.3, 0.4) is 0 Å². The smallest absolute Gasteiger partial charge is 0.239 e. The molecule has 0 unspecified atom stereocenters. The predicted molar refractivity (Wildman–Crippen MR) is 64.9 cm³/mol. The fraction of sp³-hybridized carbons (Fsp3) is 0.923. The van der Waals surface area contributed by atoms with E-state index < -0.39 is 0 Å². The van der Waals surface area contributed by atoms with E-state index in [0.29, 0.717) is 0 Å². The lowest BCUT2D eigenvalue weighted by atomic mass is 10.1. The molecule has 3 nitrogen and oxygen atoms in total. The van der Waals surface area contributed by atoms with Crippen LogP contribution in [-0.4, -0.2) is 29.9 Å². The van der Waals surface area contributed by atoms with Crippen molar-refractivity contribution in [1.82, 2.24) is 4.90 Å². The minimum Gasteiger partial charge on any atom is -0.341 e. The Hall–Kier alpha value is -0.570. The minimum absolute atomic E-state index is 0.195. The summed E-state index contributed by atoms with van der Waals surface area (Å²) in [6.45, 7) is 4.01. The van der Waals surface area contributed by atoms with Crippen molar-refractivity contribution < 1.29 is 4.79 Å². The second-order valence-corrected chi connectivity index (χ2v) is 5.53. The van der Waals surface area contributed by atoms with Crippen LogP contribution in [0.25, 0.3) is 0 Å². The molecule has 0 spiro atoms. The van der Waals surface area contributed by atoms with E-state index in [1.54, 1.807) is 0 Å². The number of nitrogens with two attached hydrogens (primary N) is 1. The molecule has 0 aromatic rings. The number of carbonyl (C=O) groups excluding carboxylic acids is 1. The second kappa shape index (κ2) is 5.17. The zero-order valence-electron chi connectivity index (χ0n) is 10.3. The van der Waals surface area contributed by atoms with Gasteiger partial charge >= 0.3 is 0 Å². The first-order valence-corrected chi connectivity index (χ1v) is 6.75. The lowest BCUT2D eigenvalue weighted by Crippen LogP contribution is -2.45. The van der Waals surface area contributed by atoms with Gasteiger partial charge in [-0.2, -0.15) is 0 Å². The Kier molecular flexibility index (Phi) is 3.85. The maximum atomic E-state index is 12.2. The molecule has 2 aliphatic rings. The Bertz CT molecular complexity index is 232. The van der Waals surface area contributed by atoms with Crippen LogP contribution in [0.2, 0.25) is 0 Å². The normalized spacial score (nSPS) is 21.9. The number of amides is 1. The highest BCUT2D eigenvalue weighted by atomic mass is 16.2. The molecule has 2 aliphatic carbocycles. The van der Waals surface area contributed by atoms with Crippen LogP contribution in [0, 0.1) is 11.8 Å². The van der Waals surface area contributed by atoms with Crippen LogP contribution in [0.5, 0.6) is 0 Å². The maximum absolute atomic E-state index is 12.2. The average Bonchev–Trinajstić information content (AvgIpc) is 3.10. The summed E-state index contributed by atoms with van der Waals surface area (Å²) >= 11 is 0. The Morgan fingerprint density at radius 1 is 1.25 bits per heavy atom. The summed E-state index contributed by atoms with van der Waals surface area (Å²) in [7, 11) is 0. The first-order chi connectivity index (χ1) is 7.70. The van der Waals surface area contributed by atoms with Crippen molar-refractivity contribution in [3.8, 4) is 0 Å². The van der Waals surface area contributed by atoms with E-state index in [1.807, 2.05) is 0 Å². The van der Waals surface area contributed by atoms with Crippen LogP contribution < -0.4 is 5.73 Å². The van der Waals surface area contributed by atoms with Crippen LogP contribution in [0.15, 0.2) is 0 Å². The van der Waals surface area contributed by atoms with E-state index in [1.165, 1.54) is 25.7 Å². The summed E-state index contributed by atoms with van der Waals surface area (Å²) in [6.07, 6.45) is 7.03. The third kappa shape index (κ3) is 3.48. The van der Waals surface area contributed by atoms with Gasteiger partial charge in [0.15, 0.2) is 0 Å². The van der Waals surface area contributed by atoms with Crippen molar-refractivity contribution in [2.75, 3.05) is 13.1 Å². The summed E-state index contributed by atoms with van der Waals surface area (Å²) in [4.78, 5) is 14.2. The van der Waals surface area contributed by atoms with E-state index >= 15 is 0 Å². The third-order valence-electron chi connectivity index (χ3n) is 3.58. The highest BCUT2D eigenvalue weighted by Gasteiger charge is 2.32. The molecule has 0 aromatic carbocycles. The van der Waals surface area contributed by atoms with Crippen molar-refractivity contribution in [3.63, 3.8) is 0 Å². The Balaban J connectivity index is 1.84. The molecular weight excluding hydrogens is 200 g/mol. The fourth-order valence-corrected chi connectivity index (χ4v) is 2.15. The van der Waals surface area contributed by atoms with E-state index in [9.17, 15) is 4.79 Å². The van der Waals surface area contributed by atoms with Crippen molar-refractivity contribution in [1.29, 1.82) is 0 Å². The Morgan fingerprint density at radius 2 is 1.75 bits per heavy atom. The standard InChI is InChI=1S/C13H24N2O/c1-2-3-12(14)13(16)15(8-10-4-5-10)9-11-6-7-11/h10-12H,2-9,14H2,1H3/t12-/m0/s1. The average molecular weight is 224 g/mol. The number of rotatable bonds is 7. The predicted octanol–water partition coefficient (Wildman–Crippen LogP) is 1.76. The highest BCUT2D eigenvalue weighted by Crippen LogP contribution is 2.33. The van der Waals surface area contributed by atoms with Crippen molar-refractivity contribution in [2.24, 2.45) is 17.6 Å². The van der Waals surface area contributed by atoms with Gasteiger partial charge in [0, 0.05) is 13.1 Å². The molecule has 2 rings (SSSR count). The molecule has 2 N–H and O–H groups in total. The van der Waals surface area contributed by atoms with Gasteiger partial charge in [0.05, 0.1) is 6.04 Å². The molecule has 2 saturated carbocycles. The van der Waals surface area contributed by atoms with Gasteiger partial charge in [-0.3, -0.25) is 4.79 Å². The summed E-state index contributed by atoms with van der Waals surface area (Å²) in [6, 6.07) is -0.262. The molecule has 0 heterocycles. The molecule has 0 aromatic heterocycles. The Morgan fingerprint density at radius 3 is 2.12 bits per heavy atom. The van der Waals surface area contributed by atoms with E-state index in [4.69, 9.17) is 5.73 Å². The Labute approximate surface area is 98.4 Å². The van der Waals surface area contributed by atoms with Gasteiger partial charge < -0.3 is 10.6 Å². The van der Waals surface area contributed by atoms with Crippen molar-refractivity contribution in [3.05, 3.63) is 0 Å². The zero-order valence-corrected chi connectivity index (χ0v) is 10.3. The monoisotopic (exact) mass is 224 g/mol. The van der Waals surface area contributed by atoms with Gasteiger partial charge in [-0.15, -0.1) is 0 Å². The number of hydrogen-bond donors (Lipinski definition) is 1. The summed E-state index contributed by atoms with van der Waals surface area (Å²) in [5.74, 6) is 1.74. The molecule has 0 bridgehead atoms. The van der Waals surface area contributed by atoms with Gasteiger partial charge in [-0.25, -0.2) is 0 Å². The number of carbonyl (C=O) groups is 1. The summed E-state index contributed by atoms with van der Waals surface area (Å²) in [5, 5.41) is 0. The van der Waals surface area contributed by atoms with Gasteiger partial charge in [-0.1, -0.05) is 13.3 Å². The molecule has 2 fully saturated rings.